The van der Waals surface area contributed by atoms with Gasteiger partial charge in [0.15, 0.2) is 5.82 Å². The van der Waals surface area contributed by atoms with Crippen LogP contribution in [0, 0.1) is 34.4 Å². The van der Waals surface area contributed by atoms with Crippen LogP contribution in [0.4, 0.5) is 19.4 Å². The lowest BCUT2D eigenvalue weighted by atomic mass is 9.96. The van der Waals surface area contributed by atoms with Crippen molar-refractivity contribution in [2.75, 3.05) is 18.1 Å². The van der Waals surface area contributed by atoms with Gasteiger partial charge in [0, 0.05) is 17.5 Å². The van der Waals surface area contributed by atoms with Crippen LogP contribution in [0.2, 0.25) is 16.6 Å². The minimum Gasteiger partial charge on any atom is -0.475 e. The van der Waals surface area contributed by atoms with E-state index in [1.54, 1.807) is 23.1 Å². The molecule has 12 heteroatoms. The first-order valence-electron chi connectivity index (χ1n) is 18.5. The van der Waals surface area contributed by atoms with Crippen molar-refractivity contribution in [3.8, 4) is 34.7 Å². The molecule has 0 N–H and O–H groups in total. The maximum absolute atomic E-state index is 17.2. The van der Waals surface area contributed by atoms with Crippen molar-refractivity contribution in [2.24, 2.45) is 0 Å². The van der Waals surface area contributed by atoms with E-state index >= 15 is 8.78 Å². The van der Waals surface area contributed by atoms with Gasteiger partial charge >= 0.3 is 6.09 Å². The van der Waals surface area contributed by atoms with E-state index in [1.165, 1.54) is 6.07 Å². The molecule has 9 nitrogen and oxygen atoms in total. The van der Waals surface area contributed by atoms with Crippen molar-refractivity contribution >= 4 is 41.7 Å². The second-order valence-corrected chi connectivity index (χ2v) is 22.1. The van der Waals surface area contributed by atoms with Crippen LogP contribution in [0.1, 0.15) is 86.5 Å². The van der Waals surface area contributed by atoms with Gasteiger partial charge in [0.1, 0.15) is 54.6 Å². The van der Waals surface area contributed by atoms with E-state index in [4.69, 9.17) is 14.5 Å². The van der Waals surface area contributed by atoms with E-state index < -0.39 is 25.3 Å². The molecule has 0 aliphatic carbocycles. The molecule has 4 aromatic rings. The Morgan fingerprint density at radius 2 is 1.70 bits per heavy atom. The first-order chi connectivity index (χ1) is 25.1. The summed E-state index contributed by atoms with van der Waals surface area (Å²) in [6.45, 7) is 19.2. The van der Waals surface area contributed by atoms with Gasteiger partial charge in [0.05, 0.1) is 23.7 Å². The minimum atomic E-state index is -2.26. The molecule has 3 atom stereocenters. The zero-order valence-corrected chi connectivity index (χ0v) is 32.8. The van der Waals surface area contributed by atoms with Gasteiger partial charge in [-0.15, -0.1) is 5.54 Å². The SMILES string of the molecule is CC(C)[Si](C#Cc1c(F)ccc2cccc(-c3nc4c5c(nc(C#N)nc5c3F)N3C[C@@H]5CC[C@H]([C@H]3CO4)N5C(=O)OC(C)(C)C)c12)(C(C)C)C(C)C. The Labute approximate surface area is 310 Å². The van der Waals surface area contributed by atoms with E-state index in [0.717, 1.165) is 12.8 Å². The van der Waals surface area contributed by atoms with Gasteiger partial charge in [0.25, 0.3) is 0 Å². The van der Waals surface area contributed by atoms with Gasteiger partial charge in [-0.2, -0.15) is 5.26 Å². The van der Waals surface area contributed by atoms with Crippen LogP contribution in [0.15, 0.2) is 30.3 Å². The lowest BCUT2D eigenvalue weighted by molar-refractivity contribution is 0.00539. The predicted octanol–water partition coefficient (Wildman–Crippen LogP) is 8.91. The van der Waals surface area contributed by atoms with E-state index in [0.29, 0.717) is 45.3 Å². The van der Waals surface area contributed by atoms with Gasteiger partial charge in [-0.1, -0.05) is 71.7 Å². The zero-order valence-electron chi connectivity index (χ0n) is 31.8. The van der Waals surface area contributed by atoms with Crippen LogP contribution in [0.5, 0.6) is 5.88 Å². The summed E-state index contributed by atoms with van der Waals surface area (Å²) in [5, 5.41) is 11.4. The number of nitriles is 1. The first kappa shape index (κ1) is 36.5. The van der Waals surface area contributed by atoms with E-state index in [-0.39, 0.29) is 64.7 Å². The average Bonchev–Trinajstić information content (AvgIpc) is 3.33. The number of halogens is 2. The number of ether oxygens (including phenoxy) is 2. The lowest BCUT2D eigenvalue weighted by Crippen LogP contribution is -2.63. The number of hydrogen-bond donors (Lipinski definition) is 0. The van der Waals surface area contributed by atoms with Crippen molar-refractivity contribution in [1.29, 1.82) is 5.26 Å². The number of anilines is 1. The molecule has 53 heavy (non-hydrogen) atoms. The largest absolute Gasteiger partial charge is 0.475 e. The van der Waals surface area contributed by atoms with Gasteiger partial charge in [-0.25, -0.2) is 28.5 Å². The van der Waals surface area contributed by atoms with Crippen molar-refractivity contribution in [3.63, 3.8) is 0 Å². The molecule has 276 valence electrons. The summed E-state index contributed by atoms with van der Waals surface area (Å²) in [5.74, 6) is 2.28. The van der Waals surface area contributed by atoms with Crippen LogP contribution in [0.25, 0.3) is 32.9 Å². The van der Waals surface area contributed by atoms with E-state index in [1.807, 2.05) is 37.8 Å². The molecule has 2 bridgehead atoms. The highest BCUT2D eigenvalue weighted by Crippen LogP contribution is 2.46. The molecule has 5 heterocycles. The number of fused-ring (bicyclic) bond motifs is 6. The number of hydrogen-bond acceptors (Lipinski definition) is 8. The highest BCUT2D eigenvalue weighted by atomic mass is 28.3. The van der Waals surface area contributed by atoms with Gasteiger partial charge in [-0.05, 0) is 61.7 Å². The summed E-state index contributed by atoms with van der Waals surface area (Å²) < 4.78 is 45.4. The summed E-state index contributed by atoms with van der Waals surface area (Å²) in [5.41, 5.74) is 4.30. The molecule has 2 aromatic heterocycles. The molecule has 3 aliphatic heterocycles. The van der Waals surface area contributed by atoms with Crippen molar-refractivity contribution in [1.82, 2.24) is 19.9 Å². The fraction of sp³-hybridized carbons (Fsp3) is 0.488. The molecule has 1 amide bonds. The molecule has 2 fully saturated rings. The number of rotatable bonds is 4. The van der Waals surface area contributed by atoms with Gasteiger partial charge in [-0.3, -0.25) is 4.90 Å². The number of piperazine rings is 1. The summed E-state index contributed by atoms with van der Waals surface area (Å²) >= 11 is 0. The number of aromatic nitrogens is 3. The zero-order chi connectivity index (χ0) is 38.1. The summed E-state index contributed by atoms with van der Waals surface area (Å²) in [4.78, 5) is 31.0. The van der Waals surface area contributed by atoms with Crippen LogP contribution < -0.4 is 9.64 Å². The summed E-state index contributed by atoms with van der Waals surface area (Å²) in [7, 11) is -2.26. The Hall–Kier alpha value is -4.81. The first-order valence-corrected chi connectivity index (χ1v) is 20.8. The topological polar surface area (TPSA) is 104 Å². The van der Waals surface area contributed by atoms with Gasteiger partial charge < -0.3 is 14.4 Å². The average molecular weight is 737 g/mol. The Kier molecular flexibility index (Phi) is 9.13. The molecule has 0 radical (unpaired) electrons. The maximum Gasteiger partial charge on any atom is 0.410 e. The van der Waals surface area contributed by atoms with Crippen LogP contribution in [-0.2, 0) is 4.74 Å². The van der Waals surface area contributed by atoms with Crippen molar-refractivity contribution in [3.05, 3.63) is 53.4 Å². The number of benzene rings is 2. The second kappa shape index (κ2) is 13.2. The number of carbonyl (C=O) groups excluding carboxylic acids is 1. The third-order valence-electron chi connectivity index (χ3n) is 11.4. The fourth-order valence-electron chi connectivity index (χ4n) is 9.19. The molecule has 3 aliphatic rings. The van der Waals surface area contributed by atoms with Crippen molar-refractivity contribution < 1.29 is 23.0 Å². The quantitative estimate of drug-likeness (QED) is 0.151. The molecule has 2 saturated heterocycles. The lowest BCUT2D eigenvalue weighted by Gasteiger charge is -2.46. The normalized spacial score (nSPS) is 19.6. The fourth-order valence-corrected chi connectivity index (χ4v) is 14.4. The molecular weight excluding hydrogens is 691 g/mol. The summed E-state index contributed by atoms with van der Waals surface area (Å²) in [6, 6.07) is 9.61. The standard InChI is InChI=1S/C41H46F2N6O3Si/c1-22(2)53(23(3)4,24(5)6)18-17-27-29(42)15-13-25-11-10-12-28(33(25)27)36-35(43)37-34-38(46-32(19-44)45-37)48-20-26-14-16-30(31(48)21-51-39(34)47-36)49(26)40(50)52-41(7,8)9/h10-13,15,22-24,26,30-31H,14,16,20-21H2,1-9H3/t26-,30+,31+/m0/s1. The van der Waals surface area contributed by atoms with Crippen molar-refractivity contribution in [2.45, 2.75) is 116 Å². The highest BCUT2D eigenvalue weighted by molar-refractivity contribution is 6.90. The van der Waals surface area contributed by atoms with Crippen LogP contribution >= 0.6 is 0 Å². The minimum absolute atomic E-state index is 0.0860. The van der Waals surface area contributed by atoms with E-state index in [2.05, 4.69) is 63.0 Å². The molecule has 0 spiro atoms. The smallest absolute Gasteiger partial charge is 0.410 e. The Morgan fingerprint density at radius 1 is 0.981 bits per heavy atom. The molecule has 0 saturated carbocycles. The Balaban J connectivity index is 1.41. The van der Waals surface area contributed by atoms with Crippen LogP contribution in [-0.4, -0.2) is 70.9 Å². The predicted molar refractivity (Wildman–Crippen MR) is 204 cm³/mol. The number of pyridine rings is 1. The summed E-state index contributed by atoms with van der Waals surface area (Å²) in [6.07, 6.45) is 1.09. The maximum atomic E-state index is 17.2. The monoisotopic (exact) mass is 736 g/mol. The molecular formula is C41H46F2N6O3Si. The molecule has 2 aromatic carbocycles. The van der Waals surface area contributed by atoms with E-state index in [9.17, 15) is 10.1 Å². The van der Waals surface area contributed by atoms with Gasteiger partial charge in [0.2, 0.25) is 11.7 Å². The third-order valence-corrected chi connectivity index (χ3v) is 17.7. The Bertz CT molecular complexity index is 2230. The second-order valence-electron chi connectivity index (χ2n) is 16.5. The molecule has 0 unspecified atom stereocenters. The van der Waals surface area contributed by atoms with Crippen LogP contribution in [0.3, 0.4) is 0 Å². The number of carbonyl (C=O) groups is 1. The Morgan fingerprint density at radius 3 is 2.36 bits per heavy atom. The number of nitrogens with zero attached hydrogens (tertiary/aromatic N) is 6. The molecule has 7 rings (SSSR count). The third kappa shape index (κ3) is 5.96. The number of amides is 1. The highest BCUT2D eigenvalue weighted by Gasteiger charge is 2.52.